The van der Waals surface area contributed by atoms with Crippen molar-refractivity contribution < 1.29 is 24.6 Å². The Morgan fingerprint density at radius 3 is 2.23 bits per heavy atom. The zero-order valence-electron chi connectivity index (χ0n) is 12.3. The molecule has 0 saturated carbocycles. The first-order valence-corrected chi connectivity index (χ1v) is 7.23. The van der Waals surface area contributed by atoms with E-state index in [1.54, 1.807) is 4.90 Å². The molecule has 9 heteroatoms. The van der Waals surface area contributed by atoms with Crippen LogP contribution in [-0.4, -0.2) is 82.7 Å². The lowest BCUT2D eigenvalue weighted by Gasteiger charge is -2.54. The molecule has 0 aromatic heterocycles. The number of nitrogens with zero attached hydrogens (tertiary/aromatic N) is 2. The fourth-order valence-corrected chi connectivity index (χ4v) is 3.11. The van der Waals surface area contributed by atoms with Crippen molar-refractivity contribution in [2.45, 2.75) is 24.9 Å². The normalized spacial score (nSPS) is 23.1. The second kappa shape index (κ2) is 6.19. The topological polar surface area (TPSA) is 150 Å². The first kappa shape index (κ1) is 16.7. The Kier molecular flexibility index (Phi) is 4.69. The summed E-state index contributed by atoms with van der Waals surface area (Å²) in [6.07, 6.45) is 0.951. The van der Waals surface area contributed by atoms with Crippen LogP contribution in [0.3, 0.4) is 0 Å². The summed E-state index contributed by atoms with van der Waals surface area (Å²) in [5.74, 6) is -1.26. The number of piperidine rings is 1. The van der Waals surface area contributed by atoms with Crippen LogP contribution < -0.4 is 11.5 Å². The number of primary amides is 1. The highest BCUT2D eigenvalue weighted by Gasteiger charge is 2.56. The van der Waals surface area contributed by atoms with Crippen LogP contribution in [-0.2, 0) is 14.4 Å². The van der Waals surface area contributed by atoms with Crippen molar-refractivity contribution in [3.8, 4) is 0 Å². The zero-order chi connectivity index (χ0) is 16.5. The number of amides is 3. The van der Waals surface area contributed by atoms with Crippen LogP contribution in [0.5, 0.6) is 0 Å². The minimum atomic E-state index is -0.986. The van der Waals surface area contributed by atoms with Crippen LogP contribution in [0, 0.1) is 5.41 Å². The molecule has 6 N–H and O–H groups in total. The second-order valence-electron chi connectivity index (χ2n) is 5.93. The Balaban J connectivity index is 1.94. The summed E-state index contributed by atoms with van der Waals surface area (Å²) in [5.41, 5.74) is 10.1. The number of likely N-dealkylation sites (tertiary alicyclic amines) is 2. The smallest absolute Gasteiger partial charge is 0.242 e. The Morgan fingerprint density at radius 2 is 1.82 bits per heavy atom. The SMILES string of the molecule is NC(=O)[C@H](CO)N1CC2(CCN(C(=O)[C@@H](N)CO)CC2)C1=O. The molecule has 0 radical (unpaired) electrons. The van der Waals surface area contributed by atoms with Crippen molar-refractivity contribution in [1.82, 2.24) is 9.80 Å². The molecular formula is C13H22N4O5. The molecule has 22 heavy (non-hydrogen) atoms. The molecular weight excluding hydrogens is 292 g/mol. The molecule has 2 fully saturated rings. The van der Waals surface area contributed by atoms with Gasteiger partial charge in [-0.15, -0.1) is 0 Å². The minimum absolute atomic E-state index is 0.205. The maximum absolute atomic E-state index is 12.3. The van der Waals surface area contributed by atoms with Crippen LogP contribution in [0.1, 0.15) is 12.8 Å². The largest absolute Gasteiger partial charge is 0.394 e. The fourth-order valence-electron chi connectivity index (χ4n) is 3.11. The predicted octanol–water partition coefficient (Wildman–Crippen LogP) is -3.40. The zero-order valence-corrected chi connectivity index (χ0v) is 12.3. The Labute approximate surface area is 127 Å². The summed E-state index contributed by atoms with van der Waals surface area (Å²) >= 11 is 0. The lowest BCUT2D eigenvalue weighted by molar-refractivity contribution is -0.174. The number of β-lactam (4-membered cyclic amide) rings is 1. The molecule has 9 nitrogen and oxygen atoms in total. The number of nitrogens with two attached hydrogens (primary N) is 2. The predicted molar refractivity (Wildman–Crippen MR) is 75.1 cm³/mol. The first-order chi connectivity index (χ1) is 10.4. The van der Waals surface area contributed by atoms with Crippen molar-refractivity contribution in [2.24, 2.45) is 16.9 Å². The Morgan fingerprint density at radius 1 is 1.23 bits per heavy atom. The van der Waals surface area contributed by atoms with Crippen molar-refractivity contribution in [2.75, 3.05) is 32.8 Å². The lowest BCUT2D eigenvalue weighted by atomic mass is 9.70. The van der Waals surface area contributed by atoms with E-state index in [0.717, 1.165) is 0 Å². The fraction of sp³-hybridized carbons (Fsp3) is 0.769. The molecule has 2 rings (SSSR count). The molecule has 0 aromatic rings. The number of aliphatic hydroxyl groups excluding tert-OH is 2. The van der Waals surface area contributed by atoms with Crippen LogP contribution >= 0.6 is 0 Å². The third kappa shape index (κ3) is 2.67. The number of hydrogen-bond donors (Lipinski definition) is 4. The highest BCUT2D eigenvalue weighted by molar-refractivity contribution is 5.94. The second-order valence-corrected chi connectivity index (χ2v) is 5.93. The van der Waals surface area contributed by atoms with Gasteiger partial charge in [0.1, 0.15) is 12.1 Å². The molecule has 2 aliphatic rings. The van der Waals surface area contributed by atoms with Gasteiger partial charge >= 0.3 is 0 Å². The molecule has 2 atom stereocenters. The summed E-state index contributed by atoms with van der Waals surface area (Å²) < 4.78 is 0. The van der Waals surface area contributed by atoms with Gasteiger partial charge < -0.3 is 31.5 Å². The van der Waals surface area contributed by atoms with Crippen molar-refractivity contribution in [3.05, 3.63) is 0 Å². The number of aliphatic hydroxyl groups is 2. The van der Waals surface area contributed by atoms with E-state index in [9.17, 15) is 14.4 Å². The van der Waals surface area contributed by atoms with Crippen molar-refractivity contribution >= 4 is 17.7 Å². The minimum Gasteiger partial charge on any atom is -0.394 e. The molecule has 1 spiro atoms. The third-order valence-electron chi connectivity index (χ3n) is 4.61. The van der Waals surface area contributed by atoms with E-state index in [4.69, 9.17) is 21.7 Å². The van der Waals surface area contributed by atoms with Gasteiger partial charge in [-0.3, -0.25) is 14.4 Å². The summed E-state index contributed by atoms with van der Waals surface area (Å²) in [6, 6.07) is -1.92. The van der Waals surface area contributed by atoms with E-state index < -0.39 is 36.6 Å². The lowest BCUT2D eigenvalue weighted by Crippen LogP contribution is -2.70. The van der Waals surface area contributed by atoms with Gasteiger partial charge in [0.2, 0.25) is 17.7 Å². The number of rotatable bonds is 5. The molecule has 0 unspecified atom stereocenters. The van der Waals surface area contributed by atoms with Gasteiger partial charge in [0, 0.05) is 19.6 Å². The molecule has 2 heterocycles. The van der Waals surface area contributed by atoms with Crippen LogP contribution in [0.25, 0.3) is 0 Å². The Bertz CT molecular complexity index is 475. The quantitative estimate of drug-likeness (QED) is 0.388. The average molecular weight is 314 g/mol. The van der Waals surface area contributed by atoms with E-state index >= 15 is 0 Å². The maximum atomic E-state index is 12.3. The summed E-state index contributed by atoms with van der Waals surface area (Å²) in [5, 5.41) is 18.1. The summed E-state index contributed by atoms with van der Waals surface area (Å²) in [6.45, 7) is 0.212. The van der Waals surface area contributed by atoms with Gasteiger partial charge in [0.15, 0.2) is 0 Å². The molecule has 2 saturated heterocycles. The number of hydrogen-bond acceptors (Lipinski definition) is 6. The van der Waals surface area contributed by atoms with E-state index in [1.165, 1.54) is 4.90 Å². The van der Waals surface area contributed by atoms with Crippen molar-refractivity contribution in [3.63, 3.8) is 0 Å². The highest BCUT2D eigenvalue weighted by atomic mass is 16.3. The monoisotopic (exact) mass is 314 g/mol. The van der Waals surface area contributed by atoms with Crippen molar-refractivity contribution in [1.29, 1.82) is 0 Å². The van der Waals surface area contributed by atoms with E-state index in [2.05, 4.69) is 0 Å². The van der Waals surface area contributed by atoms with Gasteiger partial charge in [-0.1, -0.05) is 0 Å². The maximum Gasteiger partial charge on any atom is 0.242 e. The molecule has 0 aromatic carbocycles. The highest BCUT2D eigenvalue weighted by Crippen LogP contribution is 2.42. The first-order valence-electron chi connectivity index (χ1n) is 7.23. The average Bonchev–Trinajstić information content (AvgIpc) is 2.53. The molecule has 0 aliphatic carbocycles. The van der Waals surface area contributed by atoms with Gasteiger partial charge in [0.25, 0.3) is 0 Å². The van der Waals surface area contributed by atoms with Gasteiger partial charge in [-0.25, -0.2) is 0 Å². The molecule has 3 amide bonds. The number of carbonyl (C=O) groups is 3. The number of carbonyl (C=O) groups excluding carboxylic acids is 3. The van der Waals surface area contributed by atoms with Gasteiger partial charge in [-0.2, -0.15) is 0 Å². The van der Waals surface area contributed by atoms with Gasteiger partial charge in [0.05, 0.1) is 18.6 Å². The van der Waals surface area contributed by atoms with E-state index in [1.807, 2.05) is 0 Å². The molecule has 2 aliphatic heterocycles. The van der Waals surface area contributed by atoms with E-state index in [-0.39, 0.29) is 11.8 Å². The van der Waals surface area contributed by atoms with Gasteiger partial charge in [-0.05, 0) is 12.8 Å². The summed E-state index contributed by atoms with van der Waals surface area (Å²) in [7, 11) is 0. The van der Waals surface area contributed by atoms with Crippen LogP contribution in [0.4, 0.5) is 0 Å². The standard InChI is InChI=1S/C13H22N4O5/c14-8(5-18)11(21)16-3-1-13(2-4-16)7-17(12(13)22)9(6-19)10(15)20/h8-9,18-19H,1-7,14H2,(H2,15,20)/t8-,9-/m0/s1. The third-order valence-corrected chi connectivity index (χ3v) is 4.61. The van der Waals surface area contributed by atoms with E-state index in [0.29, 0.717) is 32.5 Å². The molecule has 124 valence electrons. The summed E-state index contributed by atoms with van der Waals surface area (Å²) in [4.78, 5) is 38.3. The van der Waals surface area contributed by atoms with Crippen LogP contribution in [0.2, 0.25) is 0 Å². The van der Waals surface area contributed by atoms with Crippen LogP contribution in [0.15, 0.2) is 0 Å². The Hall–Kier alpha value is -1.71. The molecule has 0 bridgehead atoms.